The average molecular weight is 305 g/mol. The molecular weight excluding hydrogens is 287 g/mol. The van der Waals surface area contributed by atoms with Gasteiger partial charge in [-0.15, -0.1) is 13.2 Å². The summed E-state index contributed by atoms with van der Waals surface area (Å²) in [6.07, 6.45) is -4.22. The molecule has 1 aliphatic rings. The van der Waals surface area contributed by atoms with Crippen LogP contribution in [0, 0.1) is 0 Å². The number of nitrogens with one attached hydrogen (secondary N) is 1. The fourth-order valence-corrected chi connectivity index (χ4v) is 1.81. The third-order valence-corrected chi connectivity index (χ3v) is 2.75. The average Bonchev–Trinajstić information content (AvgIpc) is 2.46. The molecule has 1 fully saturated rings. The van der Waals surface area contributed by atoms with Gasteiger partial charge in [0.15, 0.2) is 0 Å². The van der Waals surface area contributed by atoms with Crippen LogP contribution in [0.5, 0.6) is 0 Å². The maximum Gasteiger partial charge on any atom is 0.522 e. The minimum atomic E-state index is -4.47. The van der Waals surface area contributed by atoms with E-state index in [0.29, 0.717) is 39.0 Å². The van der Waals surface area contributed by atoms with Crippen molar-refractivity contribution in [3.63, 3.8) is 0 Å². The summed E-state index contributed by atoms with van der Waals surface area (Å²) >= 11 is 0. The van der Waals surface area contributed by atoms with Crippen molar-refractivity contribution in [2.24, 2.45) is 0 Å². The Kier molecular flexibility index (Phi) is 7.78. The Morgan fingerprint density at radius 2 is 1.81 bits per heavy atom. The first-order valence-corrected chi connectivity index (χ1v) is 6.55. The van der Waals surface area contributed by atoms with E-state index in [1.807, 2.05) is 30.3 Å². The number of rotatable bonds is 4. The Morgan fingerprint density at radius 3 is 2.33 bits per heavy atom. The lowest BCUT2D eigenvalue weighted by molar-refractivity contribution is -0.344. The largest absolute Gasteiger partial charge is 0.522 e. The lowest BCUT2D eigenvalue weighted by atomic mass is 10.1. The van der Waals surface area contributed by atoms with E-state index in [9.17, 15) is 18.0 Å². The summed E-state index contributed by atoms with van der Waals surface area (Å²) in [7, 11) is 0. The van der Waals surface area contributed by atoms with E-state index in [0.717, 1.165) is 5.56 Å². The summed E-state index contributed by atoms with van der Waals surface area (Å²) in [5.41, 5.74) is 1.01. The van der Waals surface area contributed by atoms with Gasteiger partial charge in [-0.1, -0.05) is 30.3 Å². The van der Waals surface area contributed by atoms with Gasteiger partial charge in [0.05, 0.1) is 6.10 Å². The zero-order valence-electron chi connectivity index (χ0n) is 11.4. The van der Waals surface area contributed by atoms with Gasteiger partial charge in [-0.3, -0.25) is 9.53 Å². The maximum atomic E-state index is 11.6. The normalized spacial score (nSPS) is 15.8. The highest BCUT2D eigenvalue weighted by Gasteiger charge is 2.33. The van der Waals surface area contributed by atoms with E-state index in [1.54, 1.807) is 0 Å². The van der Waals surface area contributed by atoms with Gasteiger partial charge in [0, 0.05) is 0 Å². The molecule has 0 spiro atoms. The summed E-state index contributed by atoms with van der Waals surface area (Å²) in [4.78, 5) is 9.76. The topological polar surface area (TPSA) is 47.6 Å². The fraction of sp³-hybridized carbons (Fsp3) is 0.500. The van der Waals surface area contributed by atoms with Crippen LogP contribution in [0.25, 0.3) is 0 Å². The highest BCUT2D eigenvalue weighted by Crippen LogP contribution is 2.22. The molecule has 4 nitrogen and oxygen atoms in total. The second-order valence-electron chi connectivity index (χ2n) is 4.41. The van der Waals surface area contributed by atoms with Gasteiger partial charge in [-0.05, 0) is 31.5 Å². The van der Waals surface area contributed by atoms with Crippen molar-refractivity contribution in [2.75, 3.05) is 13.1 Å². The molecule has 1 N–H and O–H groups in total. The van der Waals surface area contributed by atoms with Crippen LogP contribution in [-0.4, -0.2) is 32.0 Å². The van der Waals surface area contributed by atoms with Crippen molar-refractivity contribution in [1.29, 1.82) is 0 Å². The first-order chi connectivity index (χ1) is 10.0. The first kappa shape index (κ1) is 17.5. The highest BCUT2D eigenvalue weighted by atomic mass is 19.4. The molecule has 0 bridgehead atoms. The van der Waals surface area contributed by atoms with Gasteiger partial charge in [0.2, 0.25) is 0 Å². The third-order valence-electron chi connectivity index (χ3n) is 2.75. The van der Waals surface area contributed by atoms with Gasteiger partial charge in [-0.25, -0.2) is 0 Å². The molecule has 0 saturated carbocycles. The van der Waals surface area contributed by atoms with E-state index in [-0.39, 0.29) is 0 Å². The Hall–Kier alpha value is -1.60. The van der Waals surface area contributed by atoms with Crippen molar-refractivity contribution in [2.45, 2.75) is 31.9 Å². The summed E-state index contributed by atoms with van der Waals surface area (Å²) < 4.78 is 43.2. The summed E-state index contributed by atoms with van der Waals surface area (Å²) in [5, 5.41) is 2.95. The van der Waals surface area contributed by atoms with Gasteiger partial charge < -0.3 is 10.1 Å². The van der Waals surface area contributed by atoms with Crippen LogP contribution in [-0.2, 0) is 20.9 Å². The van der Waals surface area contributed by atoms with E-state index in [4.69, 9.17) is 0 Å². The molecule has 7 heteroatoms. The molecule has 1 aromatic carbocycles. The summed E-state index contributed by atoms with van der Waals surface area (Å²) in [6, 6.07) is 9.55. The Bertz CT molecular complexity index is 392. The minimum Gasteiger partial charge on any atom is -0.463 e. The molecule has 0 amide bonds. The molecular formula is C14H18F3NO3. The number of hydrogen-bond donors (Lipinski definition) is 1. The standard InChI is InChI=1S/C8H8O2.C6H10F3NO/c9-7-10-6-8-4-2-1-3-5-8;7-6(8,9)11-5-1-3-10-4-2-5/h1-5,7H,6H2;5,10H,1-4H2. The number of piperidine rings is 1. The lowest BCUT2D eigenvalue weighted by Gasteiger charge is -2.23. The maximum absolute atomic E-state index is 11.6. The third kappa shape index (κ3) is 9.04. The monoisotopic (exact) mass is 305 g/mol. The van der Waals surface area contributed by atoms with Crippen molar-refractivity contribution in [3.05, 3.63) is 35.9 Å². The number of alkyl halides is 3. The predicted octanol–water partition coefficient (Wildman–Crippen LogP) is 2.63. The van der Waals surface area contributed by atoms with Gasteiger partial charge in [0.25, 0.3) is 6.47 Å². The van der Waals surface area contributed by atoms with Crippen LogP contribution in [0.15, 0.2) is 30.3 Å². The SMILES string of the molecule is FC(F)(F)OC1CCNCC1.O=COCc1ccccc1. The number of ether oxygens (including phenoxy) is 2. The van der Waals surface area contributed by atoms with Gasteiger partial charge in [-0.2, -0.15) is 0 Å². The van der Waals surface area contributed by atoms with E-state index in [1.165, 1.54) is 0 Å². The number of hydrogen-bond acceptors (Lipinski definition) is 4. The van der Waals surface area contributed by atoms with Crippen LogP contribution in [0.3, 0.4) is 0 Å². The van der Waals surface area contributed by atoms with Gasteiger partial charge in [0.1, 0.15) is 6.61 Å². The van der Waals surface area contributed by atoms with Crippen molar-refractivity contribution in [3.8, 4) is 0 Å². The highest BCUT2D eigenvalue weighted by molar-refractivity contribution is 5.37. The van der Waals surface area contributed by atoms with E-state index in [2.05, 4.69) is 14.8 Å². The fourth-order valence-electron chi connectivity index (χ4n) is 1.81. The molecule has 1 saturated heterocycles. The summed E-state index contributed by atoms with van der Waals surface area (Å²) in [5.74, 6) is 0. The van der Waals surface area contributed by atoms with Crippen molar-refractivity contribution < 1.29 is 27.4 Å². The molecule has 0 unspecified atom stereocenters. The van der Waals surface area contributed by atoms with Crippen molar-refractivity contribution >= 4 is 6.47 Å². The van der Waals surface area contributed by atoms with E-state index < -0.39 is 12.5 Å². The molecule has 0 radical (unpaired) electrons. The van der Waals surface area contributed by atoms with Crippen LogP contribution in [0.1, 0.15) is 18.4 Å². The number of halogens is 3. The molecule has 1 heterocycles. The molecule has 0 atom stereocenters. The zero-order chi connectivity index (χ0) is 15.6. The Balaban J connectivity index is 0.000000211. The quantitative estimate of drug-likeness (QED) is 0.869. The second-order valence-corrected chi connectivity index (χ2v) is 4.41. The van der Waals surface area contributed by atoms with Crippen LogP contribution in [0.2, 0.25) is 0 Å². The molecule has 1 aromatic rings. The Morgan fingerprint density at radius 1 is 1.19 bits per heavy atom. The smallest absolute Gasteiger partial charge is 0.463 e. The first-order valence-electron chi connectivity index (χ1n) is 6.55. The number of carbonyl (C=O) groups is 1. The summed E-state index contributed by atoms with van der Waals surface area (Å²) in [6.45, 7) is 2.04. The van der Waals surface area contributed by atoms with Crippen LogP contribution < -0.4 is 5.32 Å². The van der Waals surface area contributed by atoms with Crippen LogP contribution >= 0.6 is 0 Å². The van der Waals surface area contributed by atoms with Crippen molar-refractivity contribution in [1.82, 2.24) is 5.32 Å². The minimum absolute atomic E-state index is 0.365. The number of benzene rings is 1. The molecule has 0 aliphatic carbocycles. The van der Waals surface area contributed by atoms with E-state index >= 15 is 0 Å². The molecule has 21 heavy (non-hydrogen) atoms. The van der Waals surface area contributed by atoms with Gasteiger partial charge >= 0.3 is 6.36 Å². The predicted molar refractivity (Wildman–Crippen MR) is 70.3 cm³/mol. The molecule has 2 rings (SSSR count). The Labute approximate surface area is 121 Å². The molecule has 0 aromatic heterocycles. The molecule has 118 valence electrons. The van der Waals surface area contributed by atoms with Crippen LogP contribution in [0.4, 0.5) is 13.2 Å². The lowest BCUT2D eigenvalue weighted by Crippen LogP contribution is -2.35. The number of carbonyl (C=O) groups excluding carboxylic acids is 1. The second kappa shape index (κ2) is 9.36. The zero-order valence-corrected chi connectivity index (χ0v) is 11.4. The molecule has 1 aliphatic heterocycles.